The molecule has 102 valence electrons. The highest BCUT2D eigenvalue weighted by Crippen LogP contribution is 2.31. The van der Waals surface area contributed by atoms with Gasteiger partial charge < -0.3 is 20.1 Å². The fourth-order valence-corrected chi connectivity index (χ4v) is 2.30. The van der Waals surface area contributed by atoms with E-state index in [1.807, 2.05) is 0 Å². The lowest BCUT2D eigenvalue weighted by Gasteiger charge is -2.16. The Morgan fingerprint density at radius 1 is 1.26 bits per heavy atom. The zero-order valence-electron chi connectivity index (χ0n) is 9.59. The minimum atomic E-state index is -1.19. The number of halogens is 1. The van der Waals surface area contributed by atoms with Crippen LogP contribution in [0, 0.1) is 0 Å². The third kappa shape index (κ3) is 1.88. The number of nitrogens with zero attached hydrogens (tertiary/aromatic N) is 4. The molecule has 19 heavy (non-hydrogen) atoms. The molecule has 8 nitrogen and oxygen atoms in total. The van der Waals surface area contributed by atoms with Crippen LogP contribution in [0.25, 0.3) is 11.2 Å². The van der Waals surface area contributed by atoms with E-state index in [2.05, 4.69) is 15.0 Å². The second-order valence-electron chi connectivity index (χ2n) is 4.22. The van der Waals surface area contributed by atoms with Crippen molar-refractivity contribution in [3.63, 3.8) is 0 Å². The quantitative estimate of drug-likeness (QED) is 0.613. The Labute approximate surface area is 112 Å². The van der Waals surface area contributed by atoms with Crippen LogP contribution in [-0.4, -0.2) is 59.8 Å². The molecule has 0 radical (unpaired) electrons. The summed E-state index contributed by atoms with van der Waals surface area (Å²) < 4.78 is 6.85. The lowest BCUT2D eigenvalue weighted by Crippen LogP contribution is -2.33. The summed E-state index contributed by atoms with van der Waals surface area (Å²) in [6, 6.07) is 0. The first kappa shape index (κ1) is 12.7. The standard InChI is InChI=1S/C10H11ClN4O4/c11-8-5-9(13-2-12-8)15(3-14-5)10-7(18)6(17)4(1-16)19-10/h2-4,6-7,10,16-18H,1H2/t4-,6?,7+,10+/m0/s1. The summed E-state index contributed by atoms with van der Waals surface area (Å²) in [6.07, 6.45) is -1.44. The van der Waals surface area contributed by atoms with Crippen molar-refractivity contribution in [3.05, 3.63) is 17.8 Å². The molecule has 0 bridgehead atoms. The number of aromatic nitrogens is 4. The Hall–Kier alpha value is -1.32. The maximum absolute atomic E-state index is 9.95. The Balaban J connectivity index is 2.04. The van der Waals surface area contributed by atoms with Crippen LogP contribution in [0.5, 0.6) is 0 Å². The summed E-state index contributed by atoms with van der Waals surface area (Å²) in [6.45, 7) is -0.392. The third-order valence-electron chi connectivity index (χ3n) is 3.11. The topological polar surface area (TPSA) is 114 Å². The van der Waals surface area contributed by atoms with Crippen LogP contribution in [0.1, 0.15) is 6.23 Å². The summed E-state index contributed by atoms with van der Waals surface area (Å²) in [4.78, 5) is 11.9. The van der Waals surface area contributed by atoms with E-state index in [-0.39, 0.29) is 5.15 Å². The molecule has 2 aromatic rings. The Morgan fingerprint density at radius 2 is 2.05 bits per heavy atom. The lowest BCUT2D eigenvalue weighted by molar-refractivity contribution is -0.0511. The van der Waals surface area contributed by atoms with E-state index >= 15 is 0 Å². The largest absolute Gasteiger partial charge is 0.394 e. The molecule has 4 atom stereocenters. The van der Waals surface area contributed by atoms with Crippen molar-refractivity contribution in [2.45, 2.75) is 24.5 Å². The molecular weight excluding hydrogens is 276 g/mol. The maximum Gasteiger partial charge on any atom is 0.167 e. The number of imidazole rings is 1. The highest BCUT2D eigenvalue weighted by Gasteiger charge is 2.43. The lowest BCUT2D eigenvalue weighted by atomic mass is 10.1. The highest BCUT2D eigenvalue weighted by molar-refractivity contribution is 6.33. The number of aliphatic hydroxyl groups excluding tert-OH is 3. The van der Waals surface area contributed by atoms with Gasteiger partial charge in [-0.1, -0.05) is 11.6 Å². The molecule has 0 amide bonds. The van der Waals surface area contributed by atoms with Gasteiger partial charge in [-0.15, -0.1) is 0 Å². The predicted octanol–water partition coefficient (Wildman–Crippen LogP) is -0.909. The first-order chi connectivity index (χ1) is 9.13. The number of ether oxygens (including phenoxy) is 1. The number of hydrogen-bond donors (Lipinski definition) is 3. The van der Waals surface area contributed by atoms with Gasteiger partial charge in [0.15, 0.2) is 17.0 Å². The SMILES string of the molecule is OC[C@@H]1O[C@@H](n2cnc3c(Cl)ncnc32)[C@H](O)C1O. The smallest absolute Gasteiger partial charge is 0.167 e. The molecule has 1 saturated heterocycles. The van der Waals surface area contributed by atoms with Gasteiger partial charge in [-0.3, -0.25) is 4.57 Å². The van der Waals surface area contributed by atoms with Crippen LogP contribution in [0.3, 0.4) is 0 Å². The normalized spacial score (nSPS) is 31.2. The zero-order valence-corrected chi connectivity index (χ0v) is 10.3. The molecule has 1 aliphatic heterocycles. The molecule has 3 rings (SSSR count). The van der Waals surface area contributed by atoms with Gasteiger partial charge in [-0.05, 0) is 0 Å². The van der Waals surface area contributed by atoms with E-state index in [0.29, 0.717) is 11.2 Å². The van der Waals surface area contributed by atoms with Crippen molar-refractivity contribution in [2.24, 2.45) is 0 Å². The van der Waals surface area contributed by atoms with Gasteiger partial charge in [0.05, 0.1) is 12.9 Å². The van der Waals surface area contributed by atoms with Crippen LogP contribution in [0.2, 0.25) is 5.15 Å². The molecule has 2 aromatic heterocycles. The molecule has 3 heterocycles. The molecule has 0 spiro atoms. The third-order valence-corrected chi connectivity index (χ3v) is 3.38. The number of fused-ring (bicyclic) bond motifs is 1. The zero-order chi connectivity index (χ0) is 13.6. The summed E-state index contributed by atoms with van der Waals surface area (Å²) in [5.41, 5.74) is 0.761. The number of aliphatic hydroxyl groups is 3. The van der Waals surface area contributed by atoms with Crippen molar-refractivity contribution in [1.82, 2.24) is 19.5 Å². The van der Waals surface area contributed by atoms with Crippen molar-refractivity contribution in [2.75, 3.05) is 6.61 Å². The summed E-state index contributed by atoms with van der Waals surface area (Å²) >= 11 is 5.88. The second-order valence-corrected chi connectivity index (χ2v) is 4.58. The van der Waals surface area contributed by atoms with E-state index in [0.717, 1.165) is 0 Å². The van der Waals surface area contributed by atoms with E-state index in [1.165, 1.54) is 17.2 Å². The Morgan fingerprint density at radius 3 is 2.74 bits per heavy atom. The highest BCUT2D eigenvalue weighted by atomic mass is 35.5. The van der Waals surface area contributed by atoms with Crippen molar-refractivity contribution < 1.29 is 20.1 Å². The van der Waals surface area contributed by atoms with Crippen LogP contribution >= 0.6 is 11.6 Å². The van der Waals surface area contributed by atoms with Crippen molar-refractivity contribution in [1.29, 1.82) is 0 Å². The molecule has 1 aliphatic rings. The average molecular weight is 287 g/mol. The van der Waals surface area contributed by atoms with Crippen LogP contribution in [-0.2, 0) is 4.74 Å². The first-order valence-corrected chi connectivity index (χ1v) is 5.96. The second kappa shape index (κ2) is 4.66. The monoisotopic (exact) mass is 286 g/mol. The van der Waals surface area contributed by atoms with Gasteiger partial charge in [-0.25, -0.2) is 15.0 Å². The number of rotatable bonds is 2. The van der Waals surface area contributed by atoms with Gasteiger partial charge >= 0.3 is 0 Å². The molecule has 1 unspecified atom stereocenters. The molecular formula is C10H11ClN4O4. The molecule has 0 aliphatic carbocycles. The van der Waals surface area contributed by atoms with Crippen LogP contribution < -0.4 is 0 Å². The summed E-state index contributed by atoms with van der Waals surface area (Å²) in [7, 11) is 0. The van der Waals surface area contributed by atoms with Gasteiger partial charge in [0.2, 0.25) is 0 Å². The minimum absolute atomic E-state index is 0.190. The molecule has 0 saturated carbocycles. The van der Waals surface area contributed by atoms with E-state index in [1.54, 1.807) is 0 Å². The summed E-state index contributed by atoms with van der Waals surface area (Å²) in [5.74, 6) is 0. The van der Waals surface area contributed by atoms with Crippen LogP contribution in [0.4, 0.5) is 0 Å². The van der Waals surface area contributed by atoms with Gasteiger partial charge in [0, 0.05) is 0 Å². The molecule has 3 N–H and O–H groups in total. The fraction of sp³-hybridized carbons (Fsp3) is 0.500. The van der Waals surface area contributed by atoms with Crippen molar-refractivity contribution in [3.8, 4) is 0 Å². The van der Waals surface area contributed by atoms with E-state index in [9.17, 15) is 10.2 Å². The van der Waals surface area contributed by atoms with Gasteiger partial charge in [-0.2, -0.15) is 0 Å². The molecule has 0 aromatic carbocycles. The van der Waals surface area contributed by atoms with E-state index in [4.69, 9.17) is 21.4 Å². The Bertz CT molecular complexity index is 606. The molecule has 1 fully saturated rings. The fourth-order valence-electron chi connectivity index (χ4n) is 2.12. The summed E-state index contributed by atoms with van der Waals surface area (Å²) in [5, 5.41) is 28.9. The van der Waals surface area contributed by atoms with Crippen molar-refractivity contribution >= 4 is 22.8 Å². The first-order valence-electron chi connectivity index (χ1n) is 5.59. The maximum atomic E-state index is 9.95. The molecule has 9 heteroatoms. The average Bonchev–Trinajstić information content (AvgIpc) is 2.94. The number of hydrogen-bond acceptors (Lipinski definition) is 7. The van der Waals surface area contributed by atoms with Gasteiger partial charge in [0.1, 0.15) is 30.2 Å². The van der Waals surface area contributed by atoms with Gasteiger partial charge in [0.25, 0.3) is 0 Å². The predicted molar refractivity (Wildman–Crippen MR) is 63.3 cm³/mol. The minimum Gasteiger partial charge on any atom is -0.394 e. The van der Waals surface area contributed by atoms with Crippen LogP contribution in [0.15, 0.2) is 12.7 Å². The van der Waals surface area contributed by atoms with E-state index < -0.39 is 31.1 Å². The Kier molecular flexibility index (Phi) is 3.11.